The van der Waals surface area contributed by atoms with Crippen molar-refractivity contribution in [2.75, 3.05) is 5.32 Å². The van der Waals surface area contributed by atoms with Gasteiger partial charge in [-0.05, 0) is 42.5 Å². The SMILES string of the molecule is O=CNc1nc(-c2cccc(O)c2)nc2c1[nH]c(=O)n2-c1ccccc1C1CCCCC1. The number of phenols is 1. The molecule has 8 nitrogen and oxygen atoms in total. The Labute approximate surface area is 184 Å². The van der Waals surface area contributed by atoms with Crippen molar-refractivity contribution in [3.8, 4) is 22.8 Å². The van der Waals surface area contributed by atoms with E-state index in [4.69, 9.17) is 0 Å². The number of benzene rings is 2. The smallest absolute Gasteiger partial charge is 0.332 e. The molecule has 1 amide bonds. The third kappa shape index (κ3) is 3.53. The molecule has 2 aromatic carbocycles. The fraction of sp³-hybridized carbons (Fsp3) is 0.250. The lowest BCUT2D eigenvalue weighted by molar-refractivity contribution is -0.105. The van der Waals surface area contributed by atoms with Gasteiger partial charge in [0.25, 0.3) is 0 Å². The summed E-state index contributed by atoms with van der Waals surface area (Å²) in [6.07, 6.45) is 6.30. The molecule has 5 rings (SSSR count). The molecule has 1 aliphatic carbocycles. The Morgan fingerprint density at radius 2 is 1.88 bits per heavy atom. The van der Waals surface area contributed by atoms with Crippen molar-refractivity contribution < 1.29 is 9.90 Å². The summed E-state index contributed by atoms with van der Waals surface area (Å²) < 4.78 is 1.56. The van der Waals surface area contributed by atoms with Crippen LogP contribution in [0.3, 0.4) is 0 Å². The van der Waals surface area contributed by atoms with Gasteiger partial charge in [-0.25, -0.2) is 19.3 Å². The van der Waals surface area contributed by atoms with E-state index in [1.54, 1.807) is 22.8 Å². The second-order valence-electron chi connectivity index (χ2n) is 8.07. The molecule has 162 valence electrons. The molecule has 1 saturated carbocycles. The quantitative estimate of drug-likeness (QED) is 0.414. The van der Waals surface area contributed by atoms with E-state index in [0.29, 0.717) is 34.9 Å². The number of nitrogens with one attached hydrogen (secondary N) is 2. The van der Waals surface area contributed by atoms with E-state index in [-0.39, 0.29) is 17.3 Å². The number of phenolic OH excluding ortho intramolecular Hbond substituents is 1. The molecule has 0 aliphatic heterocycles. The van der Waals surface area contributed by atoms with Gasteiger partial charge in [0.1, 0.15) is 11.3 Å². The van der Waals surface area contributed by atoms with Gasteiger partial charge >= 0.3 is 5.69 Å². The van der Waals surface area contributed by atoms with Gasteiger partial charge in [0.05, 0.1) is 5.69 Å². The van der Waals surface area contributed by atoms with Crippen molar-refractivity contribution >= 4 is 23.4 Å². The van der Waals surface area contributed by atoms with Gasteiger partial charge in [-0.2, -0.15) is 0 Å². The van der Waals surface area contributed by atoms with Crippen LogP contribution in [0.2, 0.25) is 0 Å². The summed E-state index contributed by atoms with van der Waals surface area (Å²) in [7, 11) is 0. The molecule has 0 bridgehead atoms. The van der Waals surface area contributed by atoms with E-state index >= 15 is 0 Å². The predicted octanol–water partition coefficient (Wildman–Crippen LogP) is 4.10. The molecule has 4 aromatic rings. The van der Waals surface area contributed by atoms with E-state index in [9.17, 15) is 14.7 Å². The number of carbonyl (C=O) groups excluding carboxylic acids is 1. The number of fused-ring (bicyclic) bond motifs is 1. The second kappa shape index (κ2) is 8.30. The first-order valence-corrected chi connectivity index (χ1v) is 10.8. The molecule has 0 radical (unpaired) electrons. The van der Waals surface area contributed by atoms with Crippen LogP contribution >= 0.6 is 0 Å². The normalized spacial score (nSPS) is 14.5. The third-order valence-electron chi connectivity index (χ3n) is 6.06. The fourth-order valence-electron chi connectivity index (χ4n) is 4.59. The van der Waals surface area contributed by atoms with E-state index in [2.05, 4.69) is 26.3 Å². The van der Waals surface area contributed by atoms with Crippen LogP contribution in [0.1, 0.15) is 43.6 Å². The summed E-state index contributed by atoms with van der Waals surface area (Å²) in [6, 6.07) is 14.5. The lowest BCUT2D eigenvalue weighted by atomic mass is 9.83. The molecule has 8 heteroatoms. The molecule has 0 spiro atoms. The van der Waals surface area contributed by atoms with E-state index in [1.165, 1.54) is 25.3 Å². The molecule has 2 aromatic heterocycles. The number of anilines is 1. The monoisotopic (exact) mass is 429 g/mol. The molecule has 1 aliphatic rings. The number of carbonyl (C=O) groups is 1. The van der Waals surface area contributed by atoms with Crippen LogP contribution in [0.15, 0.2) is 53.3 Å². The molecular formula is C24H23N5O3. The number of rotatable bonds is 5. The Morgan fingerprint density at radius 1 is 1.06 bits per heavy atom. The van der Waals surface area contributed by atoms with Gasteiger partial charge in [0.15, 0.2) is 17.3 Å². The summed E-state index contributed by atoms with van der Waals surface area (Å²) in [5, 5.41) is 12.5. The van der Waals surface area contributed by atoms with E-state index in [0.717, 1.165) is 24.1 Å². The Balaban J connectivity index is 1.75. The molecule has 3 N–H and O–H groups in total. The number of hydrogen-bond acceptors (Lipinski definition) is 5. The van der Waals surface area contributed by atoms with E-state index in [1.807, 2.05) is 18.2 Å². The van der Waals surface area contributed by atoms with Gasteiger partial charge in [0, 0.05) is 5.56 Å². The molecule has 32 heavy (non-hydrogen) atoms. The number of aromatic nitrogens is 4. The molecular weight excluding hydrogens is 406 g/mol. The zero-order valence-electron chi connectivity index (χ0n) is 17.4. The number of hydrogen-bond donors (Lipinski definition) is 3. The summed E-state index contributed by atoms with van der Waals surface area (Å²) >= 11 is 0. The average molecular weight is 429 g/mol. The van der Waals surface area contributed by atoms with Crippen LogP contribution in [0, 0.1) is 0 Å². The van der Waals surface area contributed by atoms with Crippen LogP contribution in [-0.4, -0.2) is 31.0 Å². The summed E-state index contributed by atoms with van der Waals surface area (Å²) in [5.74, 6) is 0.955. The topological polar surface area (TPSA) is 113 Å². The summed E-state index contributed by atoms with van der Waals surface area (Å²) in [5.41, 5.74) is 2.85. The average Bonchev–Trinajstić information content (AvgIpc) is 3.15. The number of aromatic amines is 1. The summed E-state index contributed by atoms with van der Waals surface area (Å²) in [6.45, 7) is 0. The molecule has 2 heterocycles. The number of nitrogens with zero attached hydrogens (tertiary/aromatic N) is 3. The number of amides is 1. The minimum absolute atomic E-state index is 0.0743. The highest BCUT2D eigenvalue weighted by molar-refractivity contribution is 5.91. The molecule has 0 unspecified atom stereocenters. The largest absolute Gasteiger partial charge is 0.508 e. The van der Waals surface area contributed by atoms with Crippen molar-refractivity contribution in [1.29, 1.82) is 0 Å². The standard InChI is InChI=1S/C24H23N5O3/c30-14-25-22-20-23(28-21(27-22)16-9-6-10-17(31)13-16)29(24(32)26-20)19-12-5-4-11-18(19)15-7-2-1-3-8-15/h4-6,9-15,31H,1-3,7-8H2,(H,26,32)(H,25,27,28,30). The van der Waals surface area contributed by atoms with Gasteiger partial charge < -0.3 is 15.4 Å². The van der Waals surface area contributed by atoms with Gasteiger partial charge in [-0.1, -0.05) is 49.6 Å². The first-order valence-electron chi connectivity index (χ1n) is 10.8. The zero-order valence-corrected chi connectivity index (χ0v) is 17.4. The Kier molecular flexibility index (Phi) is 5.18. The lowest BCUT2D eigenvalue weighted by Crippen LogP contribution is -2.18. The van der Waals surface area contributed by atoms with Crippen LogP contribution in [0.5, 0.6) is 5.75 Å². The van der Waals surface area contributed by atoms with Crippen LogP contribution in [-0.2, 0) is 4.79 Å². The van der Waals surface area contributed by atoms with Crippen molar-refractivity contribution in [3.05, 3.63) is 64.6 Å². The van der Waals surface area contributed by atoms with Crippen LogP contribution in [0.4, 0.5) is 5.82 Å². The number of aromatic hydroxyl groups is 1. The molecule has 1 fully saturated rings. The highest BCUT2D eigenvalue weighted by Crippen LogP contribution is 2.36. The number of imidazole rings is 1. The van der Waals surface area contributed by atoms with Crippen molar-refractivity contribution in [2.24, 2.45) is 0 Å². The van der Waals surface area contributed by atoms with Crippen LogP contribution in [0.25, 0.3) is 28.2 Å². The highest BCUT2D eigenvalue weighted by atomic mass is 16.3. The Bertz CT molecular complexity index is 1350. The summed E-state index contributed by atoms with van der Waals surface area (Å²) in [4.78, 5) is 36.2. The maximum atomic E-state index is 13.1. The minimum Gasteiger partial charge on any atom is -0.508 e. The van der Waals surface area contributed by atoms with Crippen molar-refractivity contribution in [3.63, 3.8) is 0 Å². The Hall–Kier alpha value is -3.94. The maximum Gasteiger partial charge on any atom is 0.332 e. The highest BCUT2D eigenvalue weighted by Gasteiger charge is 2.23. The minimum atomic E-state index is -0.348. The van der Waals surface area contributed by atoms with E-state index < -0.39 is 0 Å². The second-order valence-corrected chi connectivity index (χ2v) is 8.07. The van der Waals surface area contributed by atoms with Crippen molar-refractivity contribution in [1.82, 2.24) is 19.5 Å². The first kappa shape index (κ1) is 20.0. The number of para-hydroxylation sites is 1. The van der Waals surface area contributed by atoms with Crippen molar-refractivity contribution in [2.45, 2.75) is 38.0 Å². The fourth-order valence-corrected chi connectivity index (χ4v) is 4.59. The zero-order chi connectivity index (χ0) is 22.1. The van der Waals surface area contributed by atoms with Gasteiger partial charge in [0.2, 0.25) is 6.41 Å². The Morgan fingerprint density at radius 3 is 2.66 bits per heavy atom. The first-order chi connectivity index (χ1) is 15.7. The van der Waals surface area contributed by atoms with Gasteiger partial charge in [-0.15, -0.1) is 0 Å². The molecule has 0 saturated heterocycles. The number of H-pyrrole nitrogens is 1. The lowest BCUT2D eigenvalue weighted by Gasteiger charge is -2.24. The predicted molar refractivity (Wildman–Crippen MR) is 122 cm³/mol. The van der Waals surface area contributed by atoms with Gasteiger partial charge in [-0.3, -0.25) is 4.79 Å². The third-order valence-corrected chi connectivity index (χ3v) is 6.06. The molecule has 0 atom stereocenters. The van der Waals surface area contributed by atoms with Crippen LogP contribution < -0.4 is 11.0 Å². The maximum absolute atomic E-state index is 13.1.